The van der Waals surface area contributed by atoms with Crippen LogP contribution < -0.4 is 19.7 Å². The number of amides is 2. The fourth-order valence-corrected chi connectivity index (χ4v) is 3.92. The van der Waals surface area contributed by atoms with Gasteiger partial charge in [-0.2, -0.15) is 0 Å². The molecular weight excluding hydrogens is 328 g/mol. The van der Waals surface area contributed by atoms with Gasteiger partial charge < -0.3 is 14.8 Å². The van der Waals surface area contributed by atoms with Crippen LogP contribution >= 0.6 is 0 Å². The maximum atomic E-state index is 12.9. The standard InChI is InChI=1S/C21H24N2O3/c1-13(2)14-8-10-15(11-9-14)23-20(24)22-17-12-21(23,3)26-19-16(17)6-5-7-18(19)25-4/h5-11,13,17H,12H2,1-4H3,(H,22,24)/t17-,21+/m0/s1. The summed E-state index contributed by atoms with van der Waals surface area (Å²) in [6, 6.07) is 13.7. The Morgan fingerprint density at radius 2 is 1.96 bits per heavy atom. The van der Waals surface area contributed by atoms with E-state index in [0.717, 1.165) is 11.3 Å². The quantitative estimate of drug-likeness (QED) is 0.879. The van der Waals surface area contributed by atoms with Crippen molar-refractivity contribution in [2.75, 3.05) is 12.0 Å². The second-order valence-electron chi connectivity index (χ2n) is 7.44. The minimum absolute atomic E-state index is 0.0856. The summed E-state index contributed by atoms with van der Waals surface area (Å²) in [4.78, 5) is 14.6. The Kier molecular flexibility index (Phi) is 3.83. The van der Waals surface area contributed by atoms with Crippen LogP contribution in [-0.2, 0) is 0 Å². The first kappa shape index (κ1) is 16.8. The van der Waals surface area contributed by atoms with Gasteiger partial charge in [-0.3, -0.25) is 4.90 Å². The minimum Gasteiger partial charge on any atom is -0.493 e. The molecule has 5 nitrogen and oxygen atoms in total. The second kappa shape index (κ2) is 5.94. The number of fused-ring (bicyclic) bond motifs is 4. The number of hydrogen-bond acceptors (Lipinski definition) is 3. The van der Waals surface area contributed by atoms with Crippen LogP contribution in [0, 0.1) is 0 Å². The molecule has 1 N–H and O–H groups in total. The van der Waals surface area contributed by atoms with Gasteiger partial charge in [0.25, 0.3) is 0 Å². The average Bonchev–Trinajstić information content (AvgIpc) is 2.61. The molecule has 1 saturated heterocycles. The normalized spacial score (nSPS) is 24.0. The van der Waals surface area contributed by atoms with Crippen LogP contribution in [0.3, 0.4) is 0 Å². The Morgan fingerprint density at radius 1 is 1.23 bits per heavy atom. The van der Waals surface area contributed by atoms with E-state index in [-0.39, 0.29) is 12.1 Å². The van der Waals surface area contributed by atoms with Gasteiger partial charge in [0.15, 0.2) is 17.2 Å². The van der Waals surface area contributed by atoms with Crippen molar-refractivity contribution < 1.29 is 14.3 Å². The van der Waals surface area contributed by atoms with E-state index in [1.807, 2.05) is 37.3 Å². The summed E-state index contributed by atoms with van der Waals surface area (Å²) in [6.45, 7) is 6.27. The number of rotatable bonds is 3. The number of anilines is 1. The molecule has 0 aromatic heterocycles. The van der Waals surface area contributed by atoms with Crippen molar-refractivity contribution in [3.8, 4) is 11.5 Å². The van der Waals surface area contributed by atoms with Crippen molar-refractivity contribution >= 4 is 11.7 Å². The molecular formula is C21H24N2O3. The highest BCUT2D eigenvalue weighted by molar-refractivity contribution is 5.95. The summed E-state index contributed by atoms with van der Waals surface area (Å²) >= 11 is 0. The number of methoxy groups -OCH3 is 1. The Labute approximate surface area is 153 Å². The molecule has 0 saturated carbocycles. The van der Waals surface area contributed by atoms with Crippen LogP contribution in [-0.4, -0.2) is 18.9 Å². The Morgan fingerprint density at radius 3 is 2.62 bits per heavy atom. The monoisotopic (exact) mass is 352 g/mol. The van der Waals surface area contributed by atoms with Gasteiger partial charge >= 0.3 is 6.03 Å². The molecule has 0 aliphatic carbocycles. The smallest absolute Gasteiger partial charge is 0.325 e. The first-order valence-electron chi connectivity index (χ1n) is 8.99. The van der Waals surface area contributed by atoms with E-state index in [2.05, 4.69) is 31.3 Å². The van der Waals surface area contributed by atoms with E-state index in [1.54, 1.807) is 12.0 Å². The SMILES string of the molecule is COc1cccc2c1O[C@]1(C)C[C@@H]2NC(=O)N1c1ccc(C(C)C)cc1. The lowest BCUT2D eigenvalue weighted by Crippen LogP contribution is -2.65. The van der Waals surface area contributed by atoms with E-state index in [1.165, 1.54) is 5.56 Å². The number of carbonyl (C=O) groups excluding carboxylic acids is 1. The summed E-state index contributed by atoms with van der Waals surface area (Å²) in [7, 11) is 1.63. The fourth-order valence-electron chi connectivity index (χ4n) is 3.92. The zero-order valence-electron chi connectivity index (χ0n) is 15.6. The van der Waals surface area contributed by atoms with E-state index in [4.69, 9.17) is 9.47 Å². The van der Waals surface area contributed by atoms with Gasteiger partial charge in [0.05, 0.1) is 13.2 Å². The van der Waals surface area contributed by atoms with Gasteiger partial charge in [0.2, 0.25) is 0 Å². The number of nitrogens with one attached hydrogen (secondary N) is 1. The molecule has 26 heavy (non-hydrogen) atoms. The zero-order chi connectivity index (χ0) is 18.5. The molecule has 1 fully saturated rings. The summed E-state index contributed by atoms with van der Waals surface area (Å²) < 4.78 is 11.8. The van der Waals surface area contributed by atoms with Crippen LogP contribution in [0.2, 0.25) is 0 Å². The average molecular weight is 352 g/mol. The van der Waals surface area contributed by atoms with Crippen molar-refractivity contribution in [2.45, 2.75) is 44.9 Å². The number of urea groups is 1. The fraction of sp³-hybridized carbons (Fsp3) is 0.381. The molecule has 2 atom stereocenters. The van der Waals surface area contributed by atoms with Gasteiger partial charge in [-0.15, -0.1) is 0 Å². The Bertz CT molecular complexity index is 847. The summed E-state index contributed by atoms with van der Waals surface area (Å²) in [5, 5.41) is 3.12. The van der Waals surface area contributed by atoms with Gasteiger partial charge in [-0.1, -0.05) is 38.1 Å². The predicted molar refractivity (Wildman–Crippen MR) is 101 cm³/mol. The molecule has 0 radical (unpaired) electrons. The maximum Gasteiger partial charge on any atom is 0.325 e. The van der Waals surface area contributed by atoms with Crippen LogP contribution in [0.1, 0.15) is 50.3 Å². The van der Waals surface area contributed by atoms with E-state index in [0.29, 0.717) is 23.8 Å². The summed E-state index contributed by atoms with van der Waals surface area (Å²) in [6.07, 6.45) is 0.671. The highest BCUT2D eigenvalue weighted by Crippen LogP contribution is 2.49. The Balaban J connectivity index is 1.76. The van der Waals surface area contributed by atoms with Crippen LogP contribution in [0.5, 0.6) is 11.5 Å². The number of hydrogen-bond donors (Lipinski definition) is 1. The first-order valence-corrected chi connectivity index (χ1v) is 8.99. The lowest BCUT2D eigenvalue weighted by atomic mass is 9.89. The molecule has 0 unspecified atom stereocenters. The zero-order valence-corrected chi connectivity index (χ0v) is 15.6. The van der Waals surface area contributed by atoms with Crippen molar-refractivity contribution in [3.05, 3.63) is 53.6 Å². The highest BCUT2D eigenvalue weighted by atomic mass is 16.5. The lowest BCUT2D eigenvalue weighted by molar-refractivity contribution is 0.0349. The topological polar surface area (TPSA) is 50.8 Å². The lowest BCUT2D eigenvalue weighted by Gasteiger charge is -2.50. The molecule has 5 heteroatoms. The van der Waals surface area contributed by atoms with Gasteiger partial charge in [0, 0.05) is 17.7 Å². The second-order valence-corrected chi connectivity index (χ2v) is 7.44. The highest BCUT2D eigenvalue weighted by Gasteiger charge is 2.50. The summed E-state index contributed by atoms with van der Waals surface area (Å²) in [5.41, 5.74) is 2.26. The van der Waals surface area contributed by atoms with Crippen LogP contribution in [0.4, 0.5) is 10.5 Å². The number of nitrogens with zero attached hydrogens (tertiary/aromatic N) is 1. The number of benzene rings is 2. The molecule has 136 valence electrons. The van der Waals surface area contributed by atoms with Crippen LogP contribution in [0.15, 0.2) is 42.5 Å². The number of ether oxygens (including phenoxy) is 2. The molecule has 0 spiro atoms. The molecule has 2 aliphatic heterocycles. The van der Waals surface area contributed by atoms with Crippen molar-refractivity contribution in [1.82, 2.24) is 5.32 Å². The van der Waals surface area contributed by atoms with Crippen molar-refractivity contribution in [2.24, 2.45) is 0 Å². The molecule has 2 aliphatic rings. The van der Waals surface area contributed by atoms with E-state index in [9.17, 15) is 4.79 Å². The molecule has 2 aromatic rings. The third-order valence-corrected chi connectivity index (χ3v) is 5.30. The number of carbonyl (C=O) groups is 1. The first-order chi connectivity index (χ1) is 12.4. The molecule has 2 heterocycles. The third-order valence-electron chi connectivity index (χ3n) is 5.30. The van der Waals surface area contributed by atoms with Gasteiger partial charge in [0.1, 0.15) is 0 Å². The molecule has 2 aromatic carbocycles. The molecule has 2 bridgehead atoms. The van der Waals surface area contributed by atoms with Crippen LogP contribution in [0.25, 0.3) is 0 Å². The maximum absolute atomic E-state index is 12.9. The van der Waals surface area contributed by atoms with Crippen molar-refractivity contribution in [1.29, 1.82) is 0 Å². The molecule has 2 amide bonds. The van der Waals surface area contributed by atoms with Gasteiger partial charge in [-0.05, 0) is 36.6 Å². The minimum atomic E-state index is -0.770. The summed E-state index contributed by atoms with van der Waals surface area (Å²) in [5.74, 6) is 1.84. The number of para-hydroxylation sites is 1. The van der Waals surface area contributed by atoms with Crippen molar-refractivity contribution in [3.63, 3.8) is 0 Å². The molecule has 4 rings (SSSR count). The Hall–Kier alpha value is -2.69. The predicted octanol–water partition coefficient (Wildman–Crippen LogP) is 4.59. The van der Waals surface area contributed by atoms with E-state index >= 15 is 0 Å². The van der Waals surface area contributed by atoms with E-state index < -0.39 is 5.72 Å². The third kappa shape index (κ3) is 2.50. The van der Waals surface area contributed by atoms with Gasteiger partial charge in [-0.25, -0.2) is 4.79 Å². The largest absolute Gasteiger partial charge is 0.493 e.